The molecule has 1 aliphatic rings. The minimum atomic E-state index is -3.92. The molecule has 0 bridgehead atoms. The topological polar surface area (TPSA) is 15.3 Å². The van der Waals surface area contributed by atoms with Crippen molar-refractivity contribution < 1.29 is 17.6 Å². The molecule has 1 N–H and O–H groups in total. The molecular formula is C10H18F4N2. The standard InChI is InChI=1S/C10H18F4N2/c1-16-5-2-3-8(4-6-16)15-7-10(13,14)9(11)12/h8-9,15H,2-7H2,1H3. The molecule has 0 saturated carbocycles. The van der Waals surface area contributed by atoms with E-state index in [4.69, 9.17) is 0 Å². The van der Waals surface area contributed by atoms with E-state index < -0.39 is 18.9 Å². The molecule has 96 valence electrons. The average molecular weight is 242 g/mol. The summed E-state index contributed by atoms with van der Waals surface area (Å²) in [7, 11) is 1.97. The van der Waals surface area contributed by atoms with Crippen molar-refractivity contribution in [1.29, 1.82) is 0 Å². The Morgan fingerprint density at radius 2 is 2.00 bits per heavy atom. The third-order valence-corrected chi connectivity index (χ3v) is 2.90. The van der Waals surface area contributed by atoms with Crippen LogP contribution in [0, 0.1) is 0 Å². The molecule has 1 atom stereocenters. The molecule has 0 spiro atoms. The summed E-state index contributed by atoms with van der Waals surface area (Å²) in [6.45, 7) is 0.820. The van der Waals surface area contributed by atoms with Gasteiger partial charge in [-0.05, 0) is 39.4 Å². The second kappa shape index (κ2) is 5.82. The maximum Gasteiger partial charge on any atom is 0.319 e. The highest BCUT2D eigenvalue weighted by Gasteiger charge is 2.40. The fourth-order valence-corrected chi connectivity index (χ4v) is 1.80. The highest BCUT2D eigenvalue weighted by atomic mass is 19.3. The number of nitrogens with zero attached hydrogens (tertiary/aromatic N) is 1. The molecule has 16 heavy (non-hydrogen) atoms. The van der Waals surface area contributed by atoms with E-state index in [2.05, 4.69) is 10.2 Å². The first kappa shape index (κ1) is 13.7. The van der Waals surface area contributed by atoms with E-state index in [-0.39, 0.29) is 6.04 Å². The molecule has 1 aliphatic heterocycles. The maximum absolute atomic E-state index is 12.7. The fraction of sp³-hybridized carbons (Fsp3) is 1.00. The lowest BCUT2D eigenvalue weighted by Gasteiger charge is -2.21. The Kier molecular flexibility index (Phi) is 4.98. The summed E-state index contributed by atoms with van der Waals surface area (Å²) in [6.07, 6.45) is -1.18. The molecule has 0 aromatic carbocycles. The van der Waals surface area contributed by atoms with Crippen molar-refractivity contribution in [3.8, 4) is 0 Å². The van der Waals surface area contributed by atoms with Crippen molar-refractivity contribution in [2.45, 2.75) is 37.7 Å². The number of likely N-dealkylation sites (tertiary alicyclic amines) is 1. The second-order valence-corrected chi connectivity index (χ2v) is 4.37. The molecule has 1 unspecified atom stereocenters. The van der Waals surface area contributed by atoms with Crippen molar-refractivity contribution >= 4 is 0 Å². The van der Waals surface area contributed by atoms with Crippen LogP contribution in [-0.4, -0.2) is 50.0 Å². The Morgan fingerprint density at radius 1 is 1.31 bits per heavy atom. The van der Waals surface area contributed by atoms with Gasteiger partial charge in [-0.2, -0.15) is 8.78 Å². The summed E-state index contributed by atoms with van der Waals surface area (Å²) in [4.78, 5) is 2.12. The first-order chi connectivity index (χ1) is 7.42. The summed E-state index contributed by atoms with van der Waals surface area (Å²) in [5, 5.41) is 2.55. The minimum Gasteiger partial charge on any atom is -0.308 e. The van der Waals surface area contributed by atoms with Gasteiger partial charge >= 0.3 is 12.3 Å². The Bertz CT molecular complexity index is 211. The van der Waals surface area contributed by atoms with Gasteiger partial charge in [-0.25, -0.2) is 8.78 Å². The largest absolute Gasteiger partial charge is 0.319 e. The minimum absolute atomic E-state index is 0.0745. The van der Waals surface area contributed by atoms with Crippen LogP contribution in [0.15, 0.2) is 0 Å². The molecule has 2 nitrogen and oxygen atoms in total. The van der Waals surface area contributed by atoms with Crippen LogP contribution in [0.3, 0.4) is 0 Å². The Labute approximate surface area is 93.0 Å². The molecule has 0 aliphatic carbocycles. The smallest absolute Gasteiger partial charge is 0.308 e. The van der Waals surface area contributed by atoms with Crippen LogP contribution >= 0.6 is 0 Å². The van der Waals surface area contributed by atoms with Crippen LogP contribution in [0.2, 0.25) is 0 Å². The van der Waals surface area contributed by atoms with E-state index in [0.29, 0.717) is 0 Å². The summed E-state index contributed by atoms with van der Waals surface area (Å²) >= 11 is 0. The van der Waals surface area contributed by atoms with Crippen LogP contribution in [-0.2, 0) is 0 Å². The van der Waals surface area contributed by atoms with Crippen LogP contribution in [0.4, 0.5) is 17.6 Å². The normalized spacial score (nSPS) is 24.8. The van der Waals surface area contributed by atoms with Crippen molar-refractivity contribution in [3.63, 3.8) is 0 Å². The van der Waals surface area contributed by atoms with E-state index >= 15 is 0 Å². The Morgan fingerprint density at radius 3 is 2.62 bits per heavy atom. The van der Waals surface area contributed by atoms with Crippen LogP contribution < -0.4 is 5.32 Å². The maximum atomic E-state index is 12.7. The van der Waals surface area contributed by atoms with E-state index in [1.165, 1.54) is 0 Å². The average Bonchev–Trinajstić information content (AvgIpc) is 2.40. The molecular weight excluding hydrogens is 224 g/mol. The Balaban J connectivity index is 2.32. The predicted octanol–water partition coefficient (Wildman–Crippen LogP) is 1.96. The van der Waals surface area contributed by atoms with Crippen LogP contribution in [0.25, 0.3) is 0 Å². The van der Waals surface area contributed by atoms with Crippen molar-refractivity contribution in [2.24, 2.45) is 0 Å². The van der Waals surface area contributed by atoms with Crippen LogP contribution in [0.1, 0.15) is 19.3 Å². The fourth-order valence-electron chi connectivity index (χ4n) is 1.80. The van der Waals surface area contributed by atoms with Gasteiger partial charge in [0.1, 0.15) is 0 Å². The molecule has 1 rings (SSSR count). The summed E-state index contributed by atoms with van der Waals surface area (Å²) in [5.41, 5.74) is 0. The van der Waals surface area contributed by atoms with E-state index in [9.17, 15) is 17.6 Å². The predicted molar refractivity (Wildman–Crippen MR) is 54.1 cm³/mol. The molecule has 0 amide bonds. The summed E-state index contributed by atoms with van der Waals surface area (Å²) in [6, 6.07) is -0.0745. The zero-order chi connectivity index (χ0) is 12.2. The van der Waals surface area contributed by atoms with Gasteiger partial charge in [-0.1, -0.05) is 0 Å². The number of halogens is 4. The number of hydrogen-bond donors (Lipinski definition) is 1. The highest BCUT2D eigenvalue weighted by Crippen LogP contribution is 2.22. The van der Waals surface area contributed by atoms with Gasteiger partial charge in [0.25, 0.3) is 0 Å². The van der Waals surface area contributed by atoms with Gasteiger partial charge in [-0.3, -0.25) is 0 Å². The number of rotatable bonds is 4. The number of alkyl halides is 4. The molecule has 0 aromatic heterocycles. The number of hydrogen-bond acceptors (Lipinski definition) is 2. The summed E-state index contributed by atoms with van der Waals surface area (Å²) < 4.78 is 49.1. The molecule has 1 saturated heterocycles. The summed E-state index contributed by atoms with van der Waals surface area (Å²) in [5.74, 6) is -3.92. The molecule has 0 radical (unpaired) electrons. The van der Waals surface area contributed by atoms with Gasteiger partial charge in [-0.15, -0.1) is 0 Å². The SMILES string of the molecule is CN1CCCC(NCC(F)(F)C(F)F)CC1. The zero-order valence-corrected chi connectivity index (χ0v) is 9.36. The highest BCUT2D eigenvalue weighted by molar-refractivity contribution is 4.78. The molecule has 1 fully saturated rings. The lowest BCUT2D eigenvalue weighted by molar-refractivity contribution is -0.126. The zero-order valence-electron chi connectivity index (χ0n) is 9.36. The van der Waals surface area contributed by atoms with E-state index in [1.807, 2.05) is 7.05 Å². The van der Waals surface area contributed by atoms with Crippen molar-refractivity contribution in [3.05, 3.63) is 0 Å². The van der Waals surface area contributed by atoms with E-state index in [0.717, 1.165) is 32.4 Å². The van der Waals surface area contributed by atoms with Gasteiger partial charge in [0.2, 0.25) is 0 Å². The molecule has 6 heteroatoms. The van der Waals surface area contributed by atoms with Crippen molar-refractivity contribution in [2.75, 3.05) is 26.7 Å². The lowest BCUT2D eigenvalue weighted by atomic mass is 10.1. The van der Waals surface area contributed by atoms with E-state index in [1.54, 1.807) is 0 Å². The quantitative estimate of drug-likeness (QED) is 0.758. The van der Waals surface area contributed by atoms with Crippen LogP contribution in [0.5, 0.6) is 0 Å². The molecule has 0 aromatic rings. The monoisotopic (exact) mass is 242 g/mol. The van der Waals surface area contributed by atoms with Gasteiger partial charge in [0.05, 0.1) is 6.54 Å². The van der Waals surface area contributed by atoms with Gasteiger partial charge in [0.15, 0.2) is 0 Å². The first-order valence-electron chi connectivity index (χ1n) is 5.50. The number of nitrogens with one attached hydrogen (secondary N) is 1. The van der Waals surface area contributed by atoms with Gasteiger partial charge < -0.3 is 10.2 Å². The van der Waals surface area contributed by atoms with Gasteiger partial charge in [0, 0.05) is 6.04 Å². The Hall–Kier alpha value is -0.360. The third-order valence-electron chi connectivity index (χ3n) is 2.90. The lowest BCUT2D eigenvalue weighted by Crippen LogP contribution is -2.43. The molecule has 1 heterocycles. The first-order valence-corrected chi connectivity index (χ1v) is 5.50. The second-order valence-electron chi connectivity index (χ2n) is 4.37. The third kappa shape index (κ3) is 4.25. The van der Waals surface area contributed by atoms with Crippen molar-refractivity contribution in [1.82, 2.24) is 10.2 Å².